The van der Waals surface area contributed by atoms with Gasteiger partial charge < -0.3 is 10.3 Å². The van der Waals surface area contributed by atoms with Crippen LogP contribution in [-0.4, -0.2) is 33.4 Å². The fraction of sp³-hybridized carbons (Fsp3) is 0.333. The van der Waals surface area contributed by atoms with Gasteiger partial charge in [-0.1, -0.05) is 18.2 Å². The number of nitrogens with zero attached hydrogens (tertiary/aromatic N) is 3. The van der Waals surface area contributed by atoms with Crippen molar-refractivity contribution in [2.24, 2.45) is 12.8 Å². The second kappa shape index (κ2) is 7.12. The Kier molecular flexibility index (Phi) is 4.66. The fourth-order valence-corrected chi connectivity index (χ4v) is 3.95. The molecule has 6 heteroatoms. The van der Waals surface area contributed by atoms with Crippen LogP contribution in [0.2, 0.25) is 0 Å². The minimum Gasteiger partial charge on any atom is -0.366 e. The first-order chi connectivity index (χ1) is 13.0. The van der Waals surface area contributed by atoms with E-state index in [2.05, 4.69) is 9.47 Å². The third-order valence-electron chi connectivity index (χ3n) is 5.56. The van der Waals surface area contributed by atoms with Crippen LogP contribution in [0.25, 0.3) is 11.0 Å². The first-order valence-corrected chi connectivity index (χ1v) is 9.25. The maximum Gasteiger partial charge on any atom is 0.248 e. The maximum atomic E-state index is 14.0. The highest BCUT2D eigenvalue weighted by atomic mass is 19.1. The van der Waals surface area contributed by atoms with Gasteiger partial charge in [0.05, 0.1) is 17.6 Å². The number of aromatic nitrogens is 2. The van der Waals surface area contributed by atoms with Crippen LogP contribution in [0.4, 0.5) is 4.39 Å². The normalized spacial score (nSPS) is 16.1. The molecule has 5 nitrogen and oxygen atoms in total. The summed E-state index contributed by atoms with van der Waals surface area (Å²) >= 11 is 0. The Hall–Kier alpha value is -2.73. The number of nitrogens with two attached hydrogens (primary N) is 1. The average Bonchev–Trinajstić information content (AvgIpc) is 2.98. The van der Waals surface area contributed by atoms with Gasteiger partial charge in [0.25, 0.3) is 0 Å². The van der Waals surface area contributed by atoms with Crippen molar-refractivity contribution < 1.29 is 9.18 Å². The maximum absolute atomic E-state index is 14.0. The van der Waals surface area contributed by atoms with Crippen LogP contribution >= 0.6 is 0 Å². The molecule has 1 saturated heterocycles. The summed E-state index contributed by atoms with van der Waals surface area (Å²) in [5.74, 6) is 0.688. The molecule has 0 atom stereocenters. The predicted octanol–water partition coefficient (Wildman–Crippen LogP) is 3.19. The van der Waals surface area contributed by atoms with Crippen molar-refractivity contribution in [1.29, 1.82) is 0 Å². The summed E-state index contributed by atoms with van der Waals surface area (Å²) in [4.78, 5) is 18.4. The summed E-state index contributed by atoms with van der Waals surface area (Å²) in [6, 6.07) is 12.4. The van der Waals surface area contributed by atoms with E-state index in [4.69, 9.17) is 10.7 Å². The zero-order chi connectivity index (χ0) is 19.0. The standard InChI is InChI=1S/C21H23FN4O/c1-25-19-7-6-15(21(23)27)12-18(19)24-20(25)13-26-10-8-14(9-11-26)16-4-2-3-5-17(16)22/h2-7,12,14H,8-11,13H2,1H3,(H2,23,27). The highest BCUT2D eigenvalue weighted by molar-refractivity contribution is 5.96. The number of rotatable bonds is 4. The Balaban J connectivity index is 1.47. The van der Waals surface area contributed by atoms with Gasteiger partial charge in [0, 0.05) is 12.6 Å². The second-order valence-corrected chi connectivity index (χ2v) is 7.23. The molecular weight excluding hydrogens is 343 g/mol. The zero-order valence-electron chi connectivity index (χ0n) is 15.4. The lowest BCUT2D eigenvalue weighted by Crippen LogP contribution is -2.33. The van der Waals surface area contributed by atoms with Crippen molar-refractivity contribution in [1.82, 2.24) is 14.5 Å². The monoisotopic (exact) mass is 366 g/mol. The molecule has 0 unspecified atom stereocenters. The second-order valence-electron chi connectivity index (χ2n) is 7.23. The molecule has 0 saturated carbocycles. The van der Waals surface area contributed by atoms with Crippen LogP contribution in [0.15, 0.2) is 42.5 Å². The van der Waals surface area contributed by atoms with Gasteiger partial charge in [0.2, 0.25) is 5.91 Å². The van der Waals surface area contributed by atoms with Gasteiger partial charge in [-0.25, -0.2) is 9.37 Å². The summed E-state index contributed by atoms with van der Waals surface area (Å²) in [5, 5.41) is 0. The third kappa shape index (κ3) is 3.45. The van der Waals surface area contributed by atoms with E-state index < -0.39 is 5.91 Å². The molecule has 0 bridgehead atoms. The number of hydrogen-bond donors (Lipinski definition) is 1. The molecule has 0 aliphatic carbocycles. The van der Waals surface area contributed by atoms with Gasteiger partial charge in [-0.2, -0.15) is 0 Å². The van der Waals surface area contributed by atoms with E-state index >= 15 is 0 Å². The van der Waals surface area contributed by atoms with Crippen molar-refractivity contribution in [3.05, 3.63) is 65.2 Å². The lowest BCUT2D eigenvalue weighted by molar-refractivity contribution is 0.100. The molecule has 1 aromatic heterocycles. The molecule has 2 aromatic carbocycles. The van der Waals surface area contributed by atoms with E-state index in [0.29, 0.717) is 5.56 Å². The highest BCUT2D eigenvalue weighted by Gasteiger charge is 2.23. The molecule has 1 aliphatic rings. The molecule has 27 heavy (non-hydrogen) atoms. The number of likely N-dealkylation sites (tertiary alicyclic amines) is 1. The van der Waals surface area contributed by atoms with Crippen molar-refractivity contribution in [3.63, 3.8) is 0 Å². The molecule has 3 aromatic rings. The highest BCUT2D eigenvalue weighted by Crippen LogP contribution is 2.30. The van der Waals surface area contributed by atoms with Gasteiger partial charge in [0.1, 0.15) is 11.6 Å². The van der Waals surface area contributed by atoms with Gasteiger partial charge >= 0.3 is 0 Å². The molecular formula is C21H23FN4O. The lowest BCUT2D eigenvalue weighted by atomic mass is 9.89. The van der Waals surface area contributed by atoms with Crippen LogP contribution in [0.1, 0.15) is 40.5 Å². The van der Waals surface area contributed by atoms with Crippen LogP contribution in [0.5, 0.6) is 0 Å². The lowest BCUT2D eigenvalue weighted by Gasteiger charge is -2.32. The number of carbonyl (C=O) groups excluding carboxylic acids is 1. The van der Waals surface area contributed by atoms with Crippen LogP contribution in [-0.2, 0) is 13.6 Å². The number of aryl methyl sites for hydroxylation is 1. The van der Waals surface area contributed by atoms with Gasteiger partial charge in [0.15, 0.2) is 0 Å². The van der Waals surface area contributed by atoms with E-state index in [1.807, 2.05) is 25.2 Å². The van der Waals surface area contributed by atoms with Crippen molar-refractivity contribution in [2.75, 3.05) is 13.1 Å². The molecule has 0 spiro atoms. The number of amides is 1. The topological polar surface area (TPSA) is 64.2 Å². The summed E-state index contributed by atoms with van der Waals surface area (Å²) in [7, 11) is 1.99. The smallest absolute Gasteiger partial charge is 0.248 e. The Morgan fingerprint density at radius 1 is 1.22 bits per heavy atom. The van der Waals surface area contributed by atoms with E-state index in [9.17, 15) is 9.18 Å². The fourth-order valence-electron chi connectivity index (χ4n) is 3.95. The third-order valence-corrected chi connectivity index (χ3v) is 5.56. The van der Waals surface area contributed by atoms with Gasteiger partial charge in [-0.15, -0.1) is 0 Å². The molecule has 1 fully saturated rings. The van der Waals surface area contributed by atoms with Gasteiger partial charge in [-0.05, 0) is 61.7 Å². The first kappa shape index (κ1) is 17.7. The Morgan fingerprint density at radius 3 is 2.67 bits per heavy atom. The quantitative estimate of drug-likeness (QED) is 0.771. The molecule has 2 heterocycles. The summed E-state index contributed by atoms with van der Waals surface area (Å²) < 4.78 is 16.1. The van der Waals surface area contributed by atoms with Crippen LogP contribution in [0, 0.1) is 5.82 Å². The van der Waals surface area contributed by atoms with Crippen molar-refractivity contribution in [2.45, 2.75) is 25.3 Å². The number of imidazole rings is 1. The van der Waals surface area contributed by atoms with E-state index in [0.717, 1.165) is 54.9 Å². The van der Waals surface area contributed by atoms with Crippen LogP contribution in [0.3, 0.4) is 0 Å². The average molecular weight is 366 g/mol. The number of hydrogen-bond acceptors (Lipinski definition) is 3. The minimum absolute atomic E-state index is 0.100. The molecule has 4 rings (SSSR count). The number of primary amides is 1. The summed E-state index contributed by atoms with van der Waals surface area (Å²) in [5.41, 5.74) is 8.43. The van der Waals surface area contributed by atoms with Crippen LogP contribution < -0.4 is 5.73 Å². The molecule has 140 valence electrons. The largest absolute Gasteiger partial charge is 0.366 e. The van der Waals surface area contributed by atoms with Gasteiger partial charge in [-0.3, -0.25) is 9.69 Å². The Labute approximate surface area is 157 Å². The number of carbonyl (C=O) groups is 1. The van der Waals surface area contributed by atoms with Crippen molar-refractivity contribution in [3.8, 4) is 0 Å². The number of piperidine rings is 1. The Morgan fingerprint density at radius 2 is 1.96 bits per heavy atom. The Bertz CT molecular complexity index is 989. The summed E-state index contributed by atoms with van der Waals surface area (Å²) in [6.45, 7) is 2.56. The first-order valence-electron chi connectivity index (χ1n) is 9.25. The molecule has 1 amide bonds. The van der Waals surface area contributed by atoms with E-state index in [1.165, 1.54) is 0 Å². The van der Waals surface area contributed by atoms with E-state index in [1.54, 1.807) is 24.3 Å². The molecule has 1 aliphatic heterocycles. The number of benzene rings is 2. The summed E-state index contributed by atoms with van der Waals surface area (Å²) in [6.07, 6.45) is 1.88. The predicted molar refractivity (Wildman–Crippen MR) is 103 cm³/mol. The minimum atomic E-state index is -0.445. The molecule has 2 N–H and O–H groups in total. The molecule has 0 radical (unpaired) electrons. The van der Waals surface area contributed by atoms with E-state index in [-0.39, 0.29) is 11.7 Å². The number of halogens is 1. The zero-order valence-corrected chi connectivity index (χ0v) is 15.4. The van der Waals surface area contributed by atoms with Crippen molar-refractivity contribution >= 4 is 16.9 Å². The number of fused-ring (bicyclic) bond motifs is 1. The SMILES string of the molecule is Cn1c(CN2CCC(c3ccccc3F)CC2)nc2cc(C(N)=O)ccc21.